The smallest absolute Gasteiger partial charge is 0.345 e. The molecule has 4 rings (SSSR count). The van der Waals surface area contributed by atoms with Crippen LogP contribution in [0.1, 0.15) is 29.6 Å². The van der Waals surface area contributed by atoms with Crippen LogP contribution in [0.3, 0.4) is 0 Å². The molecule has 0 aliphatic carbocycles. The highest BCUT2D eigenvalue weighted by Crippen LogP contribution is 2.33. The lowest BCUT2D eigenvalue weighted by Gasteiger charge is -2.30. The summed E-state index contributed by atoms with van der Waals surface area (Å²) in [6, 6.07) is 9.43. The number of nitrogens with one attached hydrogen (secondary N) is 1. The van der Waals surface area contributed by atoms with Crippen LogP contribution in [-0.2, 0) is 21.6 Å². The largest absolute Gasteiger partial charge is 0.487 e. The third kappa shape index (κ3) is 5.92. The van der Waals surface area contributed by atoms with Gasteiger partial charge in [-0.1, -0.05) is 23.7 Å². The van der Waals surface area contributed by atoms with Gasteiger partial charge >= 0.3 is 6.61 Å². The summed E-state index contributed by atoms with van der Waals surface area (Å²) in [5.41, 5.74) is 0.698. The van der Waals surface area contributed by atoms with Crippen LogP contribution in [0.5, 0.6) is 5.75 Å². The van der Waals surface area contributed by atoms with E-state index in [-0.39, 0.29) is 22.8 Å². The standard InChI is InChI=1S/C25H22BClF3N5O3/c1-13-7-20(35-14(2)31-12-32-35)16-5-4-6-21(23(16)33-13)37-10-17-18(8-15(28)9-19(17)27)25(3,26)34-22(36)11-38-24(29)30/h4-9,12,24H,10-11H2,1-3H3,(H,34,36)/t25-/m0/s1. The van der Waals surface area contributed by atoms with Crippen LogP contribution in [0, 0.1) is 19.7 Å². The van der Waals surface area contributed by atoms with E-state index in [0.717, 1.165) is 23.2 Å². The lowest BCUT2D eigenvalue weighted by atomic mass is 9.72. The topological polar surface area (TPSA) is 91.2 Å². The van der Waals surface area contributed by atoms with E-state index in [4.69, 9.17) is 24.2 Å². The van der Waals surface area contributed by atoms with Gasteiger partial charge in [-0.05, 0) is 50.6 Å². The van der Waals surface area contributed by atoms with Gasteiger partial charge < -0.3 is 14.8 Å². The molecule has 0 bridgehead atoms. The van der Waals surface area contributed by atoms with Crippen LogP contribution >= 0.6 is 11.6 Å². The highest BCUT2D eigenvalue weighted by molar-refractivity contribution is 6.31. The first kappa shape index (κ1) is 27.4. The lowest BCUT2D eigenvalue weighted by molar-refractivity contribution is -0.152. The highest BCUT2D eigenvalue weighted by atomic mass is 35.5. The first-order valence-electron chi connectivity index (χ1n) is 11.3. The first-order chi connectivity index (χ1) is 18.0. The van der Waals surface area contributed by atoms with E-state index < -0.39 is 30.4 Å². The minimum Gasteiger partial charge on any atom is -0.487 e. The van der Waals surface area contributed by atoms with Crippen molar-refractivity contribution in [1.82, 2.24) is 25.1 Å². The molecule has 0 spiro atoms. The predicted octanol–water partition coefficient (Wildman–Crippen LogP) is 4.50. The molecule has 2 aromatic carbocycles. The summed E-state index contributed by atoms with van der Waals surface area (Å²) in [6.45, 7) is 0.795. The molecule has 1 N–H and O–H groups in total. The van der Waals surface area contributed by atoms with E-state index >= 15 is 0 Å². The van der Waals surface area contributed by atoms with E-state index in [2.05, 4.69) is 25.1 Å². The number of alkyl halides is 2. The molecule has 1 atom stereocenters. The molecule has 0 aliphatic heterocycles. The van der Waals surface area contributed by atoms with Crippen LogP contribution in [0.4, 0.5) is 13.2 Å². The lowest BCUT2D eigenvalue weighted by Crippen LogP contribution is -2.46. The Hall–Kier alpha value is -3.64. The number of rotatable bonds is 9. The number of pyridine rings is 1. The molecule has 196 valence electrons. The minimum absolute atomic E-state index is 0.00180. The Labute approximate surface area is 222 Å². The molecule has 8 nitrogen and oxygen atoms in total. The SMILES string of the molecule is [B][C@@](C)(NC(=O)COC(F)F)c1cc(F)cc(Cl)c1COc1cccc2c(-n3ncnc3C)cc(C)nc12. The maximum absolute atomic E-state index is 14.3. The molecule has 4 aromatic rings. The normalized spacial score (nSPS) is 13.1. The maximum Gasteiger partial charge on any atom is 0.345 e. The number of fused-ring (bicyclic) bond motifs is 1. The van der Waals surface area contributed by atoms with Gasteiger partial charge in [0.1, 0.15) is 50.3 Å². The van der Waals surface area contributed by atoms with Crippen LogP contribution in [0.25, 0.3) is 16.6 Å². The van der Waals surface area contributed by atoms with Gasteiger partial charge in [-0.25, -0.2) is 19.0 Å². The Kier molecular flexibility index (Phi) is 7.93. The minimum atomic E-state index is -3.13. The average Bonchev–Trinajstić information content (AvgIpc) is 3.26. The summed E-state index contributed by atoms with van der Waals surface area (Å²) >= 11 is 6.35. The number of aryl methyl sites for hydroxylation is 2. The second-order valence-corrected chi connectivity index (χ2v) is 9.09. The average molecular weight is 544 g/mol. The fraction of sp³-hybridized carbons (Fsp3) is 0.280. The summed E-state index contributed by atoms with van der Waals surface area (Å²) < 4.78 is 50.7. The molecule has 0 fully saturated rings. The second kappa shape index (κ2) is 11.0. The van der Waals surface area contributed by atoms with Gasteiger partial charge in [-0.2, -0.15) is 13.9 Å². The number of halogens is 4. The van der Waals surface area contributed by atoms with Crippen molar-refractivity contribution in [1.29, 1.82) is 0 Å². The summed E-state index contributed by atoms with van der Waals surface area (Å²) in [7, 11) is 6.27. The van der Waals surface area contributed by atoms with Gasteiger partial charge in [0.2, 0.25) is 5.91 Å². The van der Waals surface area contributed by atoms with Crippen LogP contribution in [0.2, 0.25) is 5.02 Å². The van der Waals surface area contributed by atoms with Gasteiger partial charge in [0.15, 0.2) is 0 Å². The van der Waals surface area contributed by atoms with Crippen LogP contribution in [-0.4, -0.2) is 46.7 Å². The van der Waals surface area contributed by atoms with E-state index in [1.165, 1.54) is 13.3 Å². The molecule has 13 heteroatoms. The van der Waals surface area contributed by atoms with E-state index in [1.807, 2.05) is 26.0 Å². The number of amides is 1. The van der Waals surface area contributed by atoms with Gasteiger partial charge in [0.05, 0.1) is 10.7 Å². The maximum atomic E-state index is 14.3. The third-order valence-electron chi connectivity index (χ3n) is 5.69. The Morgan fingerprint density at radius 2 is 2.03 bits per heavy atom. The number of nitrogens with zero attached hydrogens (tertiary/aromatic N) is 4. The summed E-state index contributed by atoms with van der Waals surface area (Å²) in [5, 5.41) is 7.40. The molecule has 1 amide bonds. The third-order valence-corrected chi connectivity index (χ3v) is 6.02. The van der Waals surface area contributed by atoms with Crippen molar-refractivity contribution in [3.8, 4) is 11.4 Å². The van der Waals surface area contributed by atoms with E-state index in [9.17, 15) is 18.0 Å². The van der Waals surface area contributed by atoms with Gasteiger partial charge in [-0.15, -0.1) is 0 Å². The number of para-hydroxylation sites is 1. The number of benzene rings is 2. The van der Waals surface area contributed by atoms with Crippen molar-refractivity contribution in [2.75, 3.05) is 6.61 Å². The Bertz CT molecular complexity index is 1500. The molecule has 38 heavy (non-hydrogen) atoms. The zero-order valence-corrected chi connectivity index (χ0v) is 21.4. The van der Waals surface area contributed by atoms with Crippen molar-refractivity contribution < 1.29 is 27.4 Å². The Morgan fingerprint density at radius 1 is 1.26 bits per heavy atom. The molecular formula is C25H22BClF3N5O3. The molecule has 2 radical (unpaired) electrons. The molecule has 2 aromatic heterocycles. The van der Waals surface area contributed by atoms with E-state index in [0.29, 0.717) is 22.8 Å². The van der Waals surface area contributed by atoms with Gasteiger partial charge in [0.25, 0.3) is 0 Å². The molecule has 0 aliphatic rings. The van der Waals surface area contributed by atoms with Crippen molar-refractivity contribution in [2.45, 2.75) is 39.4 Å². The summed E-state index contributed by atoms with van der Waals surface area (Å²) in [4.78, 5) is 20.9. The van der Waals surface area contributed by atoms with E-state index in [1.54, 1.807) is 16.8 Å². The Morgan fingerprint density at radius 3 is 2.71 bits per heavy atom. The first-order valence-corrected chi connectivity index (χ1v) is 11.7. The fourth-order valence-corrected chi connectivity index (χ4v) is 4.31. The van der Waals surface area contributed by atoms with Crippen molar-refractivity contribution >= 4 is 36.3 Å². The molecule has 0 saturated heterocycles. The summed E-state index contributed by atoms with van der Waals surface area (Å²) in [5.74, 6) is -0.537. The number of carbonyl (C=O) groups is 1. The predicted molar refractivity (Wildman–Crippen MR) is 135 cm³/mol. The monoisotopic (exact) mass is 543 g/mol. The number of hydrogen-bond acceptors (Lipinski definition) is 6. The van der Waals surface area contributed by atoms with Gasteiger partial charge in [0, 0.05) is 22.1 Å². The molecule has 2 heterocycles. The molecule has 0 unspecified atom stereocenters. The van der Waals surface area contributed by atoms with Crippen molar-refractivity contribution in [2.24, 2.45) is 0 Å². The fourth-order valence-electron chi connectivity index (χ4n) is 4.05. The van der Waals surface area contributed by atoms with Crippen molar-refractivity contribution in [3.63, 3.8) is 0 Å². The summed E-state index contributed by atoms with van der Waals surface area (Å²) in [6.07, 6.45) is 1.46. The quantitative estimate of drug-likeness (QED) is 0.313. The number of carbonyl (C=O) groups excluding carboxylic acids is 1. The molecular weight excluding hydrogens is 522 g/mol. The molecule has 0 saturated carbocycles. The number of aromatic nitrogens is 4. The number of ether oxygens (including phenoxy) is 2. The highest BCUT2D eigenvalue weighted by Gasteiger charge is 2.28. The van der Waals surface area contributed by atoms with Crippen LogP contribution in [0.15, 0.2) is 42.7 Å². The van der Waals surface area contributed by atoms with Gasteiger partial charge in [-0.3, -0.25) is 4.79 Å². The Balaban J connectivity index is 1.68. The zero-order valence-electron chi connectivity index (χ0n) is 20.6. The van der Waals surface area contributed by atoms with Crippen molar-refractivity contribution in [3.05, 3.63) is 76.2 Å². The zero-order chi connectivity index (χ0) is 27.6. The number of hydrogen-bond donors (Lipinski definition) is 1. The second-order valence-electron chi connectivity index (χ2n) is 8.68. The van der Waals surface area contributed by atoms with Crippen LogP contribution < -0.4 is 10.1 Å².